The van der Waals surface area contributed by atoms with Crippen molar-refractivity contribution in [3.63, 3.8) is 0 Å². The first-order valence-corrected chi connectivity index (χ1v) is 4.50. The summed E-state index contributed by atoms with van der Waals surface area (Å²) in [5.41, 5.74) is 0. The Morgan fingerprint density at radius 1 is 1.31 bits per heavy atom. The average Bonchev–Trinajstić information content (AvgIpc) is 2.15. The van der Waals surface area contributed by atoms with Crippen molar-refractivity contribution in [2.24, 2.45) is 5.92 Å². The summed E-state index contributed by atoms with van der Waals surface area (Å²) in [5.74, 6) is -4.84. The Morgan fingerprint density at radius 2 is 1.88 bits per heavy atom. The minimum Gasteiger partial charge on any atom is -0.481 e. The second-order valence-electron chi connectivity index (χ2n) is 3.55. The van der Waals surface area contributed by atoms with Crippen LogP contribution in [0.15, 0.2) is 0 Å². The molecule has 92 valence electrons. The summed E-state index contributed by atoms with van der Waals surface area (Å²) in [4.78, 5) is 21.8. The molecule has 5 nitrogen and oxygen atoms in total. The lowest BCUT2D eigenvalue weighted by atomic mass is 9.95. The van der Waals surface area contributed by atoms with Crippen LogP contribution in [0.25, 0.3) is 0 Å². The van der Waals surface area contributed by atoms with Gasteiger partial charge < -0.3 is 15.1 Å². The highest BCUT2D eigenvalue weighted by atomic mass is 19.4. The third-order valence-electron chi connectivity index (χ3n) is 2.42. The minimum absolute atomic E-state index is 0.168. The van der Waals surface area contributed by atoms with Gasteiger partial charge in [0, 0.05) is 13.1 Å². The van der Waals surface area contributed by atoms with Gasteiger partial charge in [-0.05, 0) is 6.42 Å². The van der Waals surface area contributed by atoms with Gasteiger partial charge in [0.1, 0.15) is 5.92 Å². The number of carbonyl (C=O) groups is 2. The Hall–Kier alpha value is -1.31. The normalized spacial score (nSPS) is 26.6. The number of carboxylic acid groups (broad SMARTS) is 1. The molecule has 1 fully saturated rings. The first-order chi connectivity index (χ1) is 7.23. The lowest BCUT2D eigenvalue weighted by molar-refractivity contribution is -0.189. The van der Waals surface area contributed by atoms with Gasteiger partial charge in [0.05, 0.1) is 6.10 Å². The lowest BCUT2D eigenvalue weighted by Gasteiger charge is -2.34. The minimum atomic E-state index is -5.01. The second-order valence-corrected chi connectivity index (χ2v) is 3.55. The van der Waals surface area contributed by atoms with Crippen LogP contribution in [-0.4, -0.2) is 52.4 Å². The number of alkyl halides is 3. The smallest absolute Gasteiger partial charge is 0.471 e. The van der Waals surface area contributed by atoms with Crippen LogP contribution in [0.1, 0.15) is 6.42 Å². The maximum atomic E-state index is 12.1. The lowest BCUT2D eigenvalue weighted by Crippen LogP contribution is -2.52. The number of nitrogens with zero attached hydrogens (tertiary/aromatic N) is 1. The number of hydrogen-bond acceptors (Lipinski definition) is 3. The number of piperidine rings is 1. The number of amides is 1. The van der Waals surface area contributed by atoms with Gasteiger partial charge in [-0.2, -0.15) is 13.2 Å². The summed E-state index contributed by atoms with van der Waals surface area (Å²) in [7, 11) is 0. The van der Waals surface area contributed by atoms with Gasteiger partial charge in [-0.3, -0.25) is 9.59 Å². The van der Waals surface area contributed by atoms with Gasteiger partial charge in [0.2, 0.25) is 0 Å². The molecule has 0 spiro atoms. The first kappa shape index (κ1) is 12.8. The molecule has 1 amide bonds. The standard InChI is InChI=1S/C8H10F3NO4/c9-8(10,11)7(16)12-2-1-5(13)4(3-12)6(14)15/h4-5,13H,1-3H2,(H,14,15). The molecule has 16 heavy (non-hydrogen) atoms. The highest BCUT2D eigenvalue weighted by Gasteiger charge is 2.45. The Morgan fingerprint density at radius 3 is 2.31 bits per heavy atom. The number of likely N-dealkylation sites (tertiary alicyclic amines) is 1. The van der Waals surface area contributed by atoms with E-state index in [-0.39, 0.29) is 13.0 Å². The molecule has 0 aliphatic carbocycles. The van der Waals surface area contributed by atoms with E-state index in [0.717, 1.165) is 0 Å². The molecule has 0 aromatic heterocycles. The van der Waals surface area contributed by atoms with Gasteiger partial charge in [0.15, 0.2) is 0 Å². The quantitative estimate of drug-likeness (QED) is 0.668. The summed E-state index contributed by atoms with van der Waals surface area (Å²) in [6.45, 7) is -0.905. The number of hydrogen-bond donors (Lipinski definition) is 2. The van der Waals surface area contributed by atoms with Gasteiger partial charge in [0.25, 0.3) is 0 Å². The molecule has 8 heteroatoms. The number of aliphatic carboxylic acids is 1. The Balaban J connectivity index is 2.73. The number of halogens is 3. The van der Waals surface area contributed by atoms with Crippen LogP contribution in [0.3, 0.4) is 0 Å². The van der Waals surface area contributed by atoms with Crippen molar-refractivity contribution in [1.29, 1.82) is 0 Å². The van der Waals surface area contributed by atoms with Crippen LogP contribution in [0.4, 0.5) is 13.2 Å². The van der Waals surface area contributed by atoms with E-state index in [4.69, 9.17) is 5.11 Å². The predicted octanol–water partition coefficient (Wildman–Crippen LogP) is -0.157. The zero-order chi connectivity index (χ0) is 12.5. The zero-order valence-electron chi connectivity index (χ0n) is 8.07. The number of carboxylic acids is 1. The van der Waals surface area contributed by atoms with E-state index in [1.807, 2.05) is 0 Å². The second kappa shape index (κ2) is 4.28. The van der Waals surface area contributed by atoms with Crippen LogP contribution in [0.5, 0.6) is 0 Å². The summed E-state index contributed by atoms with van der Waals surface area (Å²) in [6, 6.07) is 0. The largest absolute Gasteiger partial charge is 0.481 e. The molecule has 1 saturated heterocycles. The summed E-state index contributed by atoms with van der Waals surface area (Å²) >= 11 is 0. The molecule has 0 aromatic carbocycles. The van der Waals surface area contributed by atoms with E-state index >= 15 is 0 Å². The van der Waals surface area contributed by atoms with Crippen LogP contribution >= 0.6 is 0 Å². The molecule has 2 unspecified atom stereocenters. The Labute approximate surface area is 88.5 Å². The van der Waals surface area contributed by atoms with Crippen molar-refractivity contribution in [2.75, 3.05) is 13.1 Å². The Bertz CT molecular complexity index is 304. The third-order valence-corrected chi connectivity index (χ3v) is 2.42. The number of aliphatic hydroxyl groups excluding tert-OH is 1. The summed E-state index contributed by atoms with van der Waals surface area (Å²) in [5, 5.41) is 17.9. The Kier molecular flexibility index (Phi) is 3.41. The fourth-order valence-electron chi connectivity index (χ4n) is 1.55. The molecule has 2 atom stereocenters. The SMILES string of the molecule is O=C(O)C1CN(C(=O)C(F)(F)F)CCC1O. The van der Waals surface area contributed by atoms with Crippen molar-refractivity contribution in [3.8, 4) is 0 Å². The van der Waals surface area contributed by atoms with Gasteiger partial charge in [-0.1, -0.05) is 0 Å². The van der Waals surface area contributed by atoms with E-state index in [2.05, 4.69) is 0 Å². The molecular formula is C8H10F3NO4. The fraction of sp³-hybridized carbons (Fsp3) is 0.750. The van der Waals surface area contributed by atoms with Crippen LogP contribution in [0.2, 0.25) is 0 Å². The number of rotatable bonds is 1. The fourth-order valence-corrected chi connectivity index (χ4v) is 1.55. The van der Waals surface area contributed by atoms with Crippen molar-refractivity contribution in [3.05, 3.63) is 0 Å². The van der Waals surface area contributed by atoms with E-state index in [9.17, 15) is 27.9 Å². The van der Waals surface area contributed by atoms with Gasteiger partial charge in [-0.25, -0.2) is 0 Å². The van der Waals surface area contributed by atoms with Crippen molar-refractivity contribution < 1.29 is 33.0 Å². The molecule has 0 radical (unpaired) electrons. The molecule has 0 saturated carbocycles. The highest BCUT2D eigenvalue weighted by Crippen LogP contribution is 2.24. The van der Waals surface area contributed by atoms with Crippen molar-refractivity contribution in [2.45, 2.75) is 18.7 Å². The van der Waals surface area contributed by atoms with Crippen LogP contribution in [-0.2, 0) is 9.59 Å². The van der Waals surface area contributed by atoms with Crippen LogP contribution in [0, 0.1) is 5.92 Å². The topological polar surface area (TPSA) is 77.8 Å². The van der Waals surface area contributed by atoms with Gasteiger partial charge in [-0.15, -0.1) is 0 Å². The highest BCUT2D eigenvalue weighted by molar-refractivity contribution is 5.83. The van der Waals surface area contributed by atoms with Gasteiger partial charge >= 0.3 is 18.1 Å². The van der Waals surface area contributed by atoms with Crippen LogP contribution < -0.4 is 0 Å². The molecule has 1 rings (SSSR count). The van der Waals surface area contributed by atoms with E-state index in [1.54, 1.807) is 0 Å². The third kappa shape index (κ3) is 2.63. The van der Waals surface area contributed by atoms with Crippen molar-refractivity contribution in [1.82, 2.24) is 4.90 Å². The molecule has 0 bridgehead atoms. The predicted molar refractivity (Wildman–Crippen MR) is 44.4 cm³/mol. The maximum absolute atomic E-state index is 12.1. The maximum Gasteiger partial charge on any atom is 0.471 e. The molecule has 1 heterocycles. The molecule has 1 aliphatic rings. The van der Waals surface area contributed by atoms with Crippen molar-refractivity contribution >= 4 is 11.9 Å². The number of aliphatic hydroxyl groups is 1. The first-order valence-electron chi connectivity index (χ1n) is 4.50. The monoisotopic (exact) mass is 241 g/mol. The average molecular weight is 241 g/mol. The molecular weight excluding hydrogens is 231 g/mol. The molecule has 0 aromatic rings. The molecule has 1 aliphatic heterocycles. The van der Waals surface area contributed by atoms with E-state index in [1.165, 1.54) is 0 Å². The zero-order valence-corrected chi connectivity index (χ0v) is 8.07. The summed E-state index contributed by atoms with van der Waals surface area (Å²) in [6.07, 6.45) is -6.39. The van der Waals surface area contributed by atoms with E-state index < -0.39 is 36.6 Å². The molecule has 2 N–H and O–H groups in total. The summed E-state index contributed by atoms with van der Waals surface area (Å²) < 4.78 is 36.2. The van der Waals surface area contributed by atoms with E-state index in [0.29, 0.717) is 4.90 Å². The number of carbonyl (C=O) groups excluding carboxylic acids is 1.